The minimum absolute atomic E-state index is 0.343. The number of carbonyl (C=O) groups is 1. The Balaban J connectivity index is 1.69. The van der Waals surface area contributed by atoms with Crippen LogP contribution >= 0.6 is 0 Å². The monoisotopic (exact) mass is 325 g/mol. The number of Topliss-reactive ketones (excluding diaryl/α,β-unsaturated/α-hetero) is 1. The Hall–Kier alpha value is -0.410. The van der Waals surface area contributed by atoms with Gasteiger partial charge in [-0.3, -0.25) is 4.90 Å². The number of nitrogens with zero attached hydrogens (tertiary/aromatic N) is 1. The van der Waals surface area contributed by atoms with Crippen LogP contribution in [-0.4, -0.2) is 43.5 Å². The zero-order valence-corrected chi connectivity index (χ0v) is 15.5. The summed E-state index contributed by atoms with van der Waals surface area (Å²) in [5, 5.41) is 0. The molecule has 3 heteroatoms. The molecule has 1 heterocycles. The molecular formula is C20H39NO2. The molecule has 0 spiro atoms. The van der Waals surface area contributed by atoms with Crippen molar-refractivity contribution in [2.75, 3.05) is 32.8 Å². The maximum absolute atomic E-state index is 10.8. The molecule has 136 valence electrons. The van der Waals surface area contributed by atoms with Crippen molar-refractivity contribution in [1.82, 2.24) is 4.90 Å². The van der Waals surface area contributed by atoms with Crippen LogP contribution in [0.15, 0.2) is 0 Å². The van der Waals surface area contributed by atoms with Crippen molar-refractivity contribution in [1.29, 1.82) is 0 Å². The second-order valence-corrected chi connectivity index (χ2v) is 7.15. The highest BCUT2D eigenvalue weighted by Crippen LogP contribution is 2.13. The van der Waals surface area contributed by atoms with Crippen LogP contribution in [0.4, 0.5) is 0 Å². The third kappa shape index (κ3) is 13.7. The van der Waals surface area contributed by atoms with E-state index in [9.17, 15) is 4.79 Å². The fourth-order valence-electron chi connectivity index (χ4n) is 3.30. The predicted molar refractivity (Wildman–Crippen MR) is 98.0 cm³/mol. The van der Waals surface area contributed by atoms with Gasteiger partial charge in [-0.1, -0.05) is 64.2 Å². The number of rotatable bonds is 15. The Labute approximate surface area is 144 Å². The number of morpholine rings is 1. The molecule has 0 aliphatic carbocycles. The number of ether oxygens (including phenoxy) is 1. The van der Waals surface area contributed by atoms with E-state index in [1.807, 2.05) is 0 Å². The molecule has 1 aliphatic rings. The molecule has 23 heavy (non-hydrogen) atoms. The first-order valence-corrected chi connectivity index (χ1v) is 10.1. The molecule has 0 atom stereocenters. The van der Waals surface area contributed by atoms with E-state index in [0.717, 1.165) is 39.1 Å². The van der Waals surface area contributed by atoms with Crippen molar-refractivity contribution in [2.45, 2.75) is 90.4 Å². The van der Waals surface area contributed by atoms with Crippen LogP contribution in [0.1, 0.15) is 90.4 Å². The van der Waals surface area contributed by atoms with Crippen molar-refractivity contribution in [3.63, 3.8) is 0 Å². The first-order valence-electron chi connectivity index (χ1n) is 10.1. The average Bonchev–Trinajstić information content (AvgIpc) is 2.56. The summed E-state index contributed by atoms with van der Waals surface area (Å²) in [5.41, 5.74) is 0. The van der Waals surface area contributed by atoms with Gasteiger partial charge in [-0.25, -0.2) is 0 Å². The van der Waals surface area contributed by atoms with Gasteiger partial charge in [0.15, 0.2) is 0 Å². The van der Waals surface area contributed by atoms with E-state index in [2.05, 4.69) is 4.90 Å². The van der Waals surface area contributed by atoms with E-state index >= 15 is 0 Å². The van der Waals surface area contributed by atoms with E-state index in [4.69, 9.17) is 4.74 Å². The Bertz CT molecular complexity index is 275. The molecule has 1 saturated heterocycles. The van der Waals surface area contributed by atoms with Crippen LogP contribution < -0.4 is 0 Å². The van der Waals surface area contributed by atoms with Crippen LogP contribution in [-0.2, 0) is 9.53 Å². The molecule has 1 rings (SSSR count). The lowest BCUT2D eigenvalue weighted by molar-refractivity contribution is -0.117. The average molecular weight is 326 g/mol. The molecule has 0 saturated carbocycles. The highest BCUT2D eigenvalue weighted by atomic mass is 16.5. The Morgan fingerprint density at radius 2 is 1.17 bits per heavy atom. The van der Waals surface area contributed by atoms with Gasteiger partial charge in [0.05, 0.1) is 13.2 Å². The van der Waals surface area contributed by atoms with Crippen LogP contribution in [0.2, 0.25) is 0 Å². The number of ketones is 1. The molecule has 0 radical (unpaired) electrons. The van der Waals surface area contributed by atoms with E-state index < -0.39 is 0 Å². The van der Waals surface area contributed by atoms with Gasteiger partial charge < -0.3 is 9.53 Å². The van der Waals surface area contributed by atoms with E-state index in [1.165, 1.54) is 77.2 Å². The van der Waals surface area contributed by atoms with E-state index in [1.54, 1.807) is 6.92 Å². The first kappa shape index (κ1) is 20.6. The van der Waals surface area contributed by atoms with Crippen LogP contribution in [0.5, 0.6) is 0 Å². The predicted octanol–water partition coefficient (Wildman–Crippen LogP) is 4.98. The zero-order valence-electron chi connectivity index (χ0n) is 15.5. The summed E-state index contributed by atoms with van der Waals surface area (Å²) < 4.78 is 5.37. The van der Waals surface area contributed by atoms with Crippen molar-refractivity contribution >= 4 is 5.78 Å². The molecule has 0 N–H and O–H groups in total. The second-order valence-electron chi connectivity index (χ2n) is 7.15. The van der Waals surface area contributed by atoms with Gasteiger partial charge in [0, 0.05) is 19.5 Å². The van der Waals surface area contributed by atoms with Crippen molar-refractivity contribution in [3.05, 3.63) is 0 Å². The van der Waals surface area contributed by atoms with Crippen LogP contribution in [0, 0.1) is 0 Å². The molecule has 1 fully saturated rings. The summed E-state index contributed by atoms with van der Waals surface area (Å²) in [7, 11) is 0. The van der Waals surface area contributed by atoms with Crippen molar-refractivity contribution < 1.29 is 9.53 Å². The van der Waals surface area contributed by atoms with Gasteiger partial charge in [0.2, 0.25) is 0 Å². The van der Waals surface area contributed by atoms with E-state index in [-0.39, 0.29) is 0 Å². The van der Waals surface area contributed by atoms with Gasteiger partial charge in [-0.05, 0) is 26.3 Å². The zero-order chi connectivity index (χ0) is 16.6. The highest BCUT2D eigenvalue weighted by Gasteiger charge is 2.08. The number of unbranched alkanes of at least 4 members (excludes halogenated alkanes) is 11. The maximum Gasteiger partial charge on any atom is 0.129 e. The fraction of sp³-hybridized carbons (Fsp3) is 0.950. The highest BCUT2D eigenvalue weighted by molar-refractivity contribution is 5.75. The van der Waals surface area contributed by atoms with Crippen LogP contribution in [0.3, 0.4) is 0 Å². The molecule has 1 aliphatic heterocycles. The summed E-state index contributed by atoms with van der Waals surface area (Å²) in [5.74, 6) is 0.343. The summed E-state index contributed by atoms with van der Waals surface area (Å²) in [6.45, 7) is 7.09. The Morgan fingerprint density at radius 1 is 0.739 bits per heavy atom. The Kier molecular flexibility index (Phi) is 13.6. The number of carbonyl (C=O) groups excluding carboxylic acids is 1. The van der Waals surface area contributed by atoms with Gasteiger partial charge >= 0.3 is 0 Å². The van der Waals surface area contributed by atoms with Gasteiger partial charge in [0.25, 0.3) is 0 Å². The first-order chi connectivity index (χ1) is 11.3. The lowest BCUT2D eigenvalue weighted by Crippen LogP contribution is -2.36. The molecule has 0 aromatic heterocycles. The largest absolute Gasteiger partial charge is 0.379 e. The molecule has 3 nitrogen and oxygen atoms in total. The fourth-order valence-corrected chi connectivity index (χ4v) is 3.30. The minimum Gasteiger partial charge on any atom is -0.379 e. The lowest BCUT2D eigenvalue weighted by Gasteiger charge is -2.26. The van der Waals surface area contributed by atoms with Crippen LogP contribution in [0.25, 0.3) is 0 Å². The summed E-state index contributed by atoms with van der Waals surface area (Å²) >= 11 is 0. The van der Waals surface area contributed by atoms with Crippen molar-refractivity contribution in [2.24, 2.45) is 0 Å². The van der Waals surface area contributed by atoms with Gasteiger partial charge in [-0.15, -0.1) is 0 Å². The minimum atomic E-state index is 0.343. The quantitative estimate of drug-likeness (QED) is 0.398. The molecule has 0 aromatic carbocycles. The standard InChI is InChI=1S/C20H39NO2/c1-20(22)14-12-10-8-6-4-2-3-5-7-9-11-13-15-21-16-18-23-19-17-21/h2-19H2,1H3. The summed E-state index contributed by atoms with van der Waals surface area (Å²) in [4.78, 5) is 13.4. The second kappa shape index (κ2) is 15.1. The normalized spacial score (nSPS) is 15.9. The number of hydrogen-bond acceptors (Lipinski definition) is 3. The van der Waals surface area contributed by atoms with Gasteiger partial charge in [0.1, 0.15) is 5.78 Å². The summed E-state index contributed by atoms with van der Waals surface area (Å²) in [6.07, 6.45) is 17.0. The lowest BCUT2D eigenvalue weighted by atomic mass is 10.0. The molecule has 0 amide bonds. The van der Waals surface area contributed by atoms with Crippen molar-refractivity contribution in [3.8, 4) is 0 Å². The maximum atomic E-state index is 10.8. The SMILES string of the molecule is CC(=O)CCCCCCCCCCCCCCN1CCOCC1. The molecule has 0 unspecified atom stereocenters. The third-order valence-corrected chi connectivity index (χ3v) is 4.86. The van der Waals surface area contributed by atoms with E-state index in [0.29, 0.717) is 5.78 Å². The smallest absolute Gasteiger partial charge is 0.129 e. The molecule has 0 aromatic rings. The topological polar surface area (TPSA) is 29.5 Å². The number of hydrogen-bond donors (Lipinski definition) is 0. The molecule has 0 bridgehead atoms. The molecular weight excluding hydrogens is 286 g/mol. The third-order valence-electron chi connectivity index (χ3n) is 4.86. The Morgan fingerprint density at radius 3 is 1.65 bits per heavy atom. The van der Waals surface area contributed by atoms with Gasteiger partial charge in [-0.2, -0.15) is 0 Å². The summed E-state index contributed by atoms with van der Waals surface area (Å²) in [6, 6.07) is 0.